The summed E-state index contributed by atoms with van der Waals surface area (Å²) < 4.78 is 26.3. The quantitative estimate of drug-likeness (QED) is 0.617. The molecule has 0 aliphatic heterocycles. The standard InChI is InChI=1S/C23H24FN3O3/c1-4-26(5-2)23(28)30-22-21-19-12-11-18(29-3)14-15(19)6-13-20(21)25-27(22)17-9-7-16(24)8-10-17/h7-12,14H,4-6,13H2,1-3H3. The van der Waals surface area contributed by atoms with E-state index in [1.54, 1.807) is 28.8 Å². The van der Waals surface area contributed by atoms with Crippen LogP contribution in [0.1, 0.15) is 25.1 Å². The Hall–Kier alpha value is -3.35. The molecular weight excluding hydrogens is 385 g/mol. The summed E-state index contributed by atoms with van der Waals surface area (Å²) in [5.41, 5.74) is 4.35. The SMILES string of the molecule is CCN(CC)C(=O)Oc1c2c(nn1-c1ccc(F)cc1)CCc1cc(OC)ccc1-2. The molecule has 6 nitrogen and oxygen atoms in total. The highest BCUT2D eigenvalue weighted by atomic mass is 19.1. The van der Waals surface area contributed by atoms with Crippen LogP contribution in [0, 0.1) is 5.82 Å². The minimum Gasteiger partial charge on any atom is -0.497 e. The number of ether oxygens (including phenoxy) is 2. The lowest BCUT2D eigenvalue weighted by Crippen LogP contribution is -2.33. The van der Waals surface area contributed by atoms with Crippen LogP contribution in [0.5, 0.6) is 11.6 Å². The normalized spacial score (nSPS) is 12.1. The summed E-state index contributed by atoms with van der Waals surface area (Å²) >= 11 is 0. The molecule has 0 fully saturated rings. The van der Waals surface area contributed by atoms with Crippen LogP contribution in [0.15, 0.2) is 42.5 Å². The summed E-state index contributed by atoms with van der Waals surface area (Å²) in [4.78, 5) is 14.4. The summed E-state index contributed by atoms with van der Waals surface area (Å²) in [6.45, 7) is 4.88. The molecule has 0 spiro atoms. The molecule has 7 heteroatoms. The number of methoxy groups -OCH3 is 1. The number of aromatic nitrogens is 2. The van der Waals surface area contributed by atoms with Gasteiger partial charge in [0.2, 0.25) is 5.88 Å². The van der Waals surface area contributed by atoms with Crippen LogP contribution in [-0.2, 0) is 12.8 Å². The number of carbonyl (C=O) groups is 1. The van der Waals surface area contributed by atoms with Crippen LogP contribution < -0.4 is 9.47 Å². The first kappa shape index (κ1) is 19.9. The lowest BCUT2D eigenvalue weighted by molar-refractivity contribution is 0.154. The zero-order chi connectivity index (χ0) is 21.3. The van der Waals surface area contributed by atoms with Crippen LogP contribution in [0.25, 0.3) is 16.8 Å². The Morgan fingerprint density at radius 3 is 2.53 bits per heavy atom. The molecule has 2 aromatic carbocycles. The molecule has 0 saturated carbocycles. The zero-order valence-electron chi connectivity index (χ0n) is 17.3. The Labute approximate surface area is 174 Å². The highest BCUT2D eigenvalue weighted by Gasteiger charge is 2.29. The third-order valence-electron chi connectivity index (χ3n) is 5.41. The van der Waals surface area contributed by atoms with Gasteiger partial charge in [0.1, 0.15) is 11.6 Å². The van der Waals surface area contributed by atoms with Crippen molar-refractivity contribution >= 4 is 6.09 Å². The van der Waals surface area contributed by atoms with Gasteiger partial charge in [-0.1, -0.05) is 6.07 Å². The van der Waals surface area contributed by atoms with Crippen molar-refractivity contribution in [3.63, 3.8) is 0 Å². The molecule has 1 amide bonds. The summed E-state index contributed by atoms with van der Waals surface area (Å²) in [7, 11) is 1.64. The Morgan fingerprint density at radius 2 is 1.87 bits per heavy atom. The molecule has 1 aromatic heterocycles. The Morgan fingerprint density at radius 1 is 1.13 bits per heavy atom. The number of amides is 1. The van der Waals surface area contributed by atoms with Gasteiger partial charge in [-0.05, 0) is 74.2 Å². The van der Waals surface area contributed by atoms with E-state index in [9.17, 15) is 9.18 Å². The molecule has 1 heterocycles. The lowest BCUT2D eigenvalue weighted by Gasteiger charge is -2.20. The second-order valence-electron chi connectivity index (χ2n) is 7.08. The lowest BCUT2D eigenvalue weighted by atomic mass is 9.89. The minimum atomic E-state index is -0.438. The molecule has 0 atom stereocenters. The molecule has 0 bridgehead atoms. The predicted molar refractivity (Wildman–Crippen MR) is 112 cm³/mol. The summed E-state index contributed by atoms with van der Waals surface area (Å²) in [5, 5.41) is 4.72. The van der Waals surface area contributed by atoms with E-state index in [0.29, 0.717) is 31.1 Å². The van der Waals surface area contributed by atoms with E-state index in [2.05, 4.69) is 0 Å². The maximum absolute atomic E-state index is 13.5. The molecule has 3 aromatic rings. The maximum Gasteiger partial charge on any atom is 0.416 e. The fourth-order valence-electron chi connectivity index (χ4n) is 3.77. The number of hydrogen-bond donors (Lipinski definition) is 0. The monoisotopic (exact) mass is 409 g/mol. The Balaban J connectivity index is 1.87. The fourth-order valence-corrected chi connectivity index (χ4v) is 3.77. The van der Waals surface area contributed by atoms with Crippen LogP contribution >= 0.6 is 0 Å². The molecule has 156 valence electrons. The van der Waals surface area contributed by atoms with Gasteiger partial charge in [-0.3, -0.25) is 0 Å². The van der Waals surface area contributed by atoms with E-state index >= 15 is 0 Å². The zero-order valence-corrected chi connectivity index (χ0v) is 17.3. The third kappa shape index (κ3) is 3.51. The van der Waals surface area contributed by atoms with Crippen molar-refractivity contribution in [2.24, 2.45) is 0 Å². The number of rotatable bonds is 5. The summed E-state index contributed by atoms with van der Waals surface area (Å²) in [6.07, 6.45) is 1.08. The van der Waals surface area contributed by atoms with E-state index in [1.807, 2.05) is 32.0 Å². The van der Waals surface area contributed by atoms with Crippen molar-refractivity contribution in [2.75, 3.05) is 20.2 Å². The van der Waals surface area contributed by atoms with E-state index in [-0.39, 0.29) is 5.82 Å². The van der Waals surface area contributed by atoms with Gasteiger partial charge in [0, 0.05) is 13.1 Å². The average Bonchev–Trinajstić information content (AvgIpc) is 3.13. The Kier molecular flexibility index (Phi) is 5.44. The predicted octanol–water partition coefficient (Wildman–Crippen LogP) is 4.63. The van der Waals surface area contributed by atoms with Crippen molar-refractivity contribution in [2.45, 2.75) is 26.7 Å². The van der Waals surface area contributed by atoms with Gasteiger partial charge in [-0.2, -0.15) is 9.78 Å². The number of halogens is 1. The smallest absolute Gasteiger partial charge is 0.416 e. The van der Waals surface area contributed by atoms with E-state index in [0.717, 1.165) is 34.6 Å². The third-order valence-corrected chi connectivity index (χ3v) is 5.41. The van der Waals surface area contributed by atoms with Crippen molar-refractivity contribution < 1.29 is 18.7 Å². The van der Waals surface area contributed by atoms with E-state index < -0.39 is 6.09 Å². The number of nitrogens with zero attached hydrogens (tertiary/aromatic N) is 3. The molecule has 1 aliphatic carbocycles. The van der Waals surface area contributed by atoms with Crippen molar-refractivity contribution in [3.8, 4) is 28.4 Å². The molecule has 0 N–H and O–H groups in total. The van der Waals surface area contributed by atoms with Crippen molar-refractivity contribution in [1.82, 2.24) is 14.7 Å². The highest BCUT2D eigenvalue weighted by molar-refractivity contribution is 5.81. The van der Waals surface area contributed by atoms with Crippen molar-refractivity contribution in [3.05, 3.63) is 59.5 Å². The van der Waals surface area contributed by atoms with E-state index in [1.165, 1.54) is 12.1 Å². The number of aryl methyl sites for hydroxylation is 2. The van der Waals surface area contributed by atoms with Crippen LogP contribution in [0.3, 0.4) is 0 Å². The van der Waals surface area contributed by atoms with Crippen LogP contribution in [-0.4, -0.2) is 41.0 Å². The van der Waals surface area contributed by atoms with Gasteiger partial charge in [-0.15, -0.1) is 0 Å². The Bertz CT molecular complexity index is 1070. The molecule has 1 aliphatic rings. The average molecular weight is 409 g/mol. The summed E-state index contributed by atoms with van der Waals surface area (Å²) in [5.74, 6) is 0.791. The van der Waals surface area contributed by atoms with Crippen LogP contribution in [0.4, 0.5) is 9.18 Å². The van der Waals surface area contributed by atoms with E-state index in [4.69, 9.17) is 14.6 Å². The largest absolute Gasteiger partial charge is 0.497 e. The van der Waals surface area contributed by atoms with Gasteiger partial charge >= 0.3 is 6.09 Å². The fraction of sp³-hybridized carbons (Fsp3) is 0.304. The van der Waals surface area contributed by atoms with Gasteiger partial charge in [0.05, 0.1) is 24.1 Å². The van der Waals surface area contributed by atoms with Gasteiger partial charge in [-0.25, -0.2) is 9.18 Å². The second-order valence-corrected chi connectivity index (χ2v) is 7.08. The van der Waals surface area contributed by atoms with Crippen molar-refractivity contribution in [1.29, 1.82) is 0 Å². The topological polar surface area (TPSA) is 56.6 Å². The van der Waals surface area contributed by atoms with Crippen LogP contribution in [0.2, 0.25) is 0 Å². The first-order valence-electron chi connectivity index (χ1n) is 10.1. The minimum absolute atomic E-state index is 0.338. The molecular formula is C23H24FN3O3. The number of hydrogen-bond acceptors (Lipinski definition) is 4. The van der Waals surface area contributed by atoms with Gasteiger partial charge in [0.15, 0.2) is 0 Å². The van der Waals surface area contributed by atoms with Gasteiger partial charge in [0.25, 0.3) is 0 Å². The first-order valence-corrected chi connectivity index (χ1v) is 10.1. The maximum atomic E-state index is 13.5. The van der Waals surface area contributed by atoms with Gasteiger partial charge < -0.3 is 14.4 Å². The molecule has 0 radical (unpaired) electrons. The number of carbonyl (C=O) groups excluding carboxylic acids is 1. The molecule has 0 unspecified atom stereocenters. The molecule has 0 saturated heterocycles. The first-order chi connectivity index (χ1) is 14.5. The number of fused-ring (bicyclic) bond motifs is 3. The summed E-state index contributed by atoms with van der Waals surface area (Å²) in [6, 6.07) is 11.8. The molecule has 30 heavy (non-hydrogen) atoms. The second kappa shape index (κ2) is 8.18. The molecule has 4 rings (SSSR count). The highest BCUT2D eigenvalue weighted by Crippen LogP contribution is 2.42. The number of benzene rings is 2.